The lowest BCUT2D eigenvalue weighted by Crippen LogP contribution is -2.47. The van der Waals surface area contributed by atoms with Crippen molar-refractivity contribution in [1.29, 1.82) is 0 Å². The first-order chi connectivity index (χ1) is 13.3. The summed E-state index contributed by atoms with van der Waals surface area (Å²) in [4.78, 5) is 12.1. The molecule has 0 bridgehead atoms. The number of hydrogen-bond acceptors (Lipinski definition) is 4. The van der Waals surface area contributed by atoms with Gasteiger partial charge in [-0.25, -0.2) is 8.42 Å². The molecule has 0 fully saturated rings. The topological polar surface area (TPSA) is 74.7 Å². The average molecular weight is 422 g/mol. The molecule has 0 saturated heterocycles. The second-order valence-corrected chi connectivity index (χ2v) is 9.81. The van der Waals surface area contributed by atoms with Crippen LogP contribution in [0.15, 0.2) is 59.5 Å². The predicted octanol–water partition coefficient (Wildman–Crippen LogP) is 4.21. The van der Waals surface area contributed by atoms with Crippen LogP contribution in [0.5, 0.6) is 0 Å². The van der Waals surface area contributed by atoms with Crippen molar-refractivity contribution < 1.29 is 18.3 Å². The van der Waals surface area contributed by atoms with Gasteiger partial charge in [0.05, 0.1) is 4.90 Å². The van der Waals surface area contributed by atoms with Gasteiger partial charge in [-0.2, -0.15) is 16.1 Å². The van der Waals surface area contributed by atoms with Gasteiger partial charge in [0.25, 0.3) is 0 Å². The van der Waals surface area contributed by atoms with E-state index in [-0.39, 0.29) is 23.8 Å². The van der Waals surface area contributed by atoms with Crippen LogP contribution < -0.4 is 0 Å². The van der Waals surface area contributed by atoms with Gasteiger partial charge in [0.1, 0.15) is 6.04 Å². The Kier molecular flexibility index (Phi) is 8.10. The van der Waals surface area contributed by atoms with Gasteiger partial charge in [-0.15, -0.1) is 0 Å². The first kappa shape index (κ1) is 22.5. The summed E-state index contributed by atoms with van der Waals surface area (Å²) in [5.41, 5.74) is 1.35. The van der Waals surface area contributed by atoms with Crippen molar-refractivity contribution in [2.45, 2.75) is 31.2 Å². The van der Waals surface area contributed by atoms with Gasteiger partial charge in [-0.1, -0.05) is 62.4 Å². The Balaban J connectivity index is 2.59. The Hall–Kier alpha value is -1.83. The highest BCUT2D eigenvalue weighted by Crippen LogP contribution is 2.31. The fourth-order valence-electron chi connectivity index (χ4n) is 3.05. The zero-order chi connectivity index (χ0) is 20.7. The maximum absolute atomic E-state index is 13.6. The number of thioether (sulfide) groups is 1. The summed E-state index contributed by atoms with van der Waals surface area (Å²) < 4.78 is 28.4. The Bertz CT molecular complexity index is 882. The molecule has 0 aliphatic heterocycles. The molecule has 0 spiro atoms. The Morgan fingerprint density at radius 1 is 1.07 bits per heavy atom. The van der Waals surface area contributed by atoms with E-state index in [0.29, 0.717) is 11.3 Å². The van der Waals surface area contributed by atoms with Crippen LogP contribution in [0.3, 0.4) is 0 Å². The molecule has 2 aromatic carbocycles. The summed E-state index contributed by atoms with van der Waals surface area (Å²) in [6, 6.07) is 14.9. The smallest absolute Gasteiger partial charge is 0.322 e. The molecule has 1 atom stereocenters. The molecule has 0 saturated carbocycles. The third-order valence-electron chi connectivity index (χ3n) is 4.33. The summed E-state index contributed by atoms with van der Waals surface area (Å²) in [6.45, 7) is 3.93. The van der Waals surface area contributed by atoms with Crippen molar-refractivity contribution in [3.8, 4) is 11.1 Å². The Labute approximate surface area is 171 Å². The SMILES string of the molecule is CSCCC(C(=O)O)N(CC(C)C)S(=O)(=O)c1ccccc1-c1ccccc1. The molecular weight excluding hydrogens is 394 g/mol. The van der Waals surface area contributed by atoms with Gasteiger partial charge < -0.3 is 5.11 Å². The summed E-state index contributed by atoms with van der Waals surface area (Å²) in [7, 11) is -4.01. The predicted molar refractivity (Wildman–Crippen MR) is 115 cm³/mol. The lowest BCUT2D eigenvalue weighted by Gasteiger charge is -2.30. The zero-order valence-corrected chi connectivity index (χ0v) is 18.0. The molecule has 2 aromatic rings. The molecule has 5 nitrogen and oxygen atoms in total. The van der Waals surface area contributed by atoms with Crippen molar-refractivity contribution in [1.82, 2.24) is 4.31 Å². The molecular formula is C21H27NO4S2. The number of benzene rings is 2. The van der Waals surface area contributed by atoms with E-state index in [4.69, 9.17) is 0 Å². The fourth-order valence-corrected chi connectivity index (χ4v) is 5.50. The largest absolute Gasteiger partial charge is 0.480 e. The Morgan fingerprint density at radius 3 is 2.25 bits per heavy atom. The quantitative estimate of drug-likeness (QED) is 0.622. The number of aliphatic carboxylic acids is 1. The standard InChI is InChI=1S/C21H27NO4S2/c1-16(2)15-22(19(21(23)24)13-14-27-3)28(25,26)20-12-8-7-11-18(20)17-9-5-4-6-10-17/h4-12,16,19H,13-15H2,1-3H3,(H,23,24). The molecule has 0 amide bonds. The van der Waals surface area contributed by atoms with E-state index in [1.54, 1.807) is 24.3 Å². The van der Waals surface area contributed by atoms with E-state index < -0.39 is 22.0 Å². The minimum absolute atomic E-state index is 0.00482. The number of nitrogens with zero attached hydrogens (tertiary/aromatic N) is 1. The molecule has 1 N–H and O–H groups in total. The van der Waals surface area contributed by atoms with Crippen LogP contribution >= 0.6 is 11.8 Å². The molecule has 0 aromatic heterocycles. The first-order valence-electron chi connectivity index (χ1n) is 9.17. The third-order valence-corrected chi connectivity index (χ3v) is 6.91. The number of carboxylic acids is 1. The van der Waals surface area contributed by atoms with Crippen LogP contribution in [0.4, 0.5) is 0 Å². The summed E-state index contributed by atoms with van der Waals surface area (Å²) >= 11 is 1.51. The van der Waals surface area contributed by atoms with Crippen LogP contribution in [-0.4, -0.2) is 48.4 Å². The van der Waals surface area contributed by atoms with Crippen molar-refractivity contribution in [3.05, 3.63) is 54.6 Å². The van der Waals surface area contributed by atoms with Crippen LogP contribution in [0, 0.1) is 5.92 Å². The van der Waals surface area contributed by atoms with Crippen LogP contribution in [0.2, 0.25) is 0 Å². The highest BCUT2D eigenvalue weighted by Gasteiger charge is 2.37. The van der Waals surface area contributed by atoms with Gasteiger partial charge in [-0.3, -0.25) is 4.79 Å². The minimum Gasteiger partial charge on any atom is -0.480 e. The van der Waals surface area contributed by atoms with Crippen molar-refractivity contribution in [3.63, 3.8) is 0 Å². The number of sulfonamides is 1. The first-order valence-corrected chi connectivity index (χ1v) is 12.0. The summed E-state index contributed by atoms with van der Waals surface area (Å²) in [5, 5.41) is 9.76. The van der Waals surface area contributed by atoms with Gasteiger partial charge >= 0.3 is 5.97 Å². The lowest BCUT2D eigenvalue weighted by atomic mass is 10.1. The molecule has 2 rings (SSSR count). The number of carboxylic acid groups (broad SMARTS) is 1. The Morgan fingerprint density at radius 2 is 1.68 bits per heavy atom. The van der Waals surface area contributed by atoms with Crippen molar-refractivity contribution >= 4 is 27.8 Å². The number of hydrogen-bond donors (Lipinski definition) is 1. The monoisotopic (exact) mass is 421 g/mol. The average Bonchev–Trinajstić information content (AvgIpc) is 2.67. The summed E-state index contributed by atoms with van der Waals surface area (Å²) in [6.07, 6.45) is 2.14. The molecule has 0 aliphatic rings. The maximum Gasteiger partial charge on any atom is 0.322 e. The van der Waals surface area contributed by atoms with Crippen molar-refractivity contribution in [2.24, 2.45) is 5.92 Å². The molecule has 0 aliphatic carbocycles. The van der Waals surface area contributed by atoms with Gasteiger partial charge in [-0.05, 0) is 36.0 Å². The van der Waals surface area contributed by atoms with Crippen LogP contribution in [0.1, 0.15) is 20.3 Å². The second-order valence-electron chi connectivity index (χ2n) is 6.97. The van der Waals surface area contributed by atoms with Gasteiger partial charge in [0.2, 0.25) is 10.0 Å². The van der Waals surface area contributed by atoms with E-state index >= 15 is 0 Å². The molecule has 28 heavy (non-hydrogen) atoms. The number of rotatable bonds is 10. The van der Waals surface area contributed by atoms with E-state index in [1.807, 2.05) is 50.4 Å². The van der Waals surface area contributed by atoms with Gasteiger partial charge in [0, 0.05) is 12.1 Å². The highest BCUT2D eigenvalue weighted by molar-refractivity contribution is 7.98. The second kappa shape index (κ2) is 10.1. The molecule has 0 heterocycles. The van der Waals surface area contributed by atoms with Crippen LogP contribution in [0.25, 0.3) is 11.1 Å². The van der Waals surface area contributed by atoms with E-state index in [9.17, 15) is 18.3 Å². The van der Waals surface area contributed by atoms with E-state index in [0.717, 1.165) is 9.87 Å². The van der Waals surface area contributed by atoms with E-state index in [2.05, 4.69) is 0 Å². The van der Waals surface area contributed by atoms with E-state index in [1.165, 1.54) is 11.8 Å². The van der Waals surface area contributed by atoms with Crippen LogP contribution in [-0.2, 0) is 14.8 Å². The normalized spacial score (nSPS) is 13.0. The molecule has 7 heteroatoms. The minimum atomic E-state index is -4.01. The zero-order valence-electron chi connectivity index (χ0n) is 16.4. The number of carbonyl (C=O) groups is 1. The fraction of sp³-hybridized carbons (Fsp3) is 0.381. The molecule has 1 unspecified atom stereocenters. The molecule has 152 valence electrons. The van der Waals surface area contributed by atoms with Gasteiger partial charge in [0.15, 0.2) is 0 Å². The lowest BCUT2D eigenvalue weighted by molar-refractivity contribution is -0.141. The van der Waals surface area contributed by atoms with Crippen molar-refractivity contribution in [2.75, 3.05) is 18.6 Å². The molecule has 0 radical (unpaired) electrons. The highest BCUT2D eigenvalue weighted by atomic mass is 32.2. The third kappa shape index (κ3) is 5.37. The maximum atomic E-state index is 13.6. The summed E-state index contributed by atoms with van der Waals surface area (Å²) in [5.74, 6) is -0.549.